The molecule has 2 spiro atoms. The Morgan fingerprint density at radius 3 is 2.40 bits per heavy atom. The molecular formula is C16H16O4. The van der Waals surface area contributed by atoms with Crippen molar-refractivity contribution in [2.75, 3.05) is 19.8 Å². The van der Waals surface area contributed by atoms with Gasteiger partial charge in [-0.3, -0.25) is 4.79 Å². The first-order chi connectivity index (χ1) is 9.79. The Balaban J connectivity index is 1.44. The number of rotatable bonds is 2. The number of ether oxygens (including phenoxy) is 3. The quantitative estimate of drug-likeness (QED) is 0.768. The lowest BCUT2D eigenvalue weighted by molar-refractivity contribution is -0.496. The Hall–Kier alpha value is -1.23. The Labute approximate surface area is 117 Å². The van der Waals surface area contributed by atoms with E-state index in [1.807, 2.05) is 30.3 Å². The number of ketones is 1. The molecule has 5 rings (SSSR count). The molecule has 4 unspecified atom stereocenters. The molecule has 104 valence electrons. The molecule has 4 heteroatoms. The number of hydrogen-bond donors (Lipinski definition) is 0. The Kier molecular flexibility index (Phi) is 2.00. The van der Waals surface area contributed by atoms with Gasteiger partial charge in [0.2, 0.25) is 0 Å². The van der Waals surface area contributed by atoms with E-state index in [-0.39, 0.29) is 29.1 Å². The van der Waals surface area contributed by atoms with Crippen molar-refractivity contribution in [2.45, 2.75) is 17.8 Å². The minimum atomic E-state index is -0.425. The summed E-state index contributed by atoms with van der Waals surface area (Å²) in [6.07, 6.45) is 0.824. The van der Waals surface area contributed by atoms with Gasteiger partial charge in [0.05, 0.1) is 37.3 Å². The van der Waals surface area contributed by atoms with Gasteiger partial charge in [0.25, 0.3) is 0 Å². The van der Waals surface area contributed by atoms with Crippen LogP contribution in [-0.4, -0.2) is 37.0 Å². The number of carbonyl (C=O) groups excluding carboxylic acids is 1. The molecule has 0 amide bonds. The fourth-order valence-electron chi connectivity index (χ4n) is 4.75. The van der Waals surface area contributed by atoms with Crippen LogP contribution in [0, 0.1) is 17.8 Å². The maximum atomic E-state index is 12.6. The second-order valence-electron chi connectivity index (χ2n) is 6.21. The summed E-state index contributed by atoms with van der Waals surface area (Å²) in [7, 11) is 0. The zero-order valence-electron chi connectivity index (χ0n) is 11.1. The van der Waals surface area contributed by atoms with Gasteiger partial charge < -0.3 is 14.2 Å². The van der Waals surface area contributed by atoms with Crippen LogP contribution in [-0.2, 0) is 14.2 Å². The topological polar surface area (TPSA) is 44.8 Å². The van der Waals surface area contributed by atoms with Crippen molar-refractivity contribution in [3.63, 3.8) is 0 Å². The van der Waals surface area contributed by atoms with Crippen molar-refractivity contribution in [3.05, 3.63) is 35.9 Å². The molecule has 0 bridgehead atoms. The van der Waals surface area contributed by atoms with Crippen LogP contribution < -0.4 is 0 Å². The van der Waals surface area contributed by atoms with E-state index in [1.54, 1.807) is 0 Å². The summed E-state index contributed by atoms with van der Waals surface area (Å²) in [4.78, 5) is 12.6. The molecule has 4 aliphatic rings. The summed E-state index contributed by atoms with van der Waals surface area (Å²) >= 11 is 0. The highest BCUT2D eigenvalue weighted by molar-refractivity contribution is 5.99. The summed E-state index contributed by atoms with van der Waals surface area (Å²) in [5, 5.41) is 0. The normalized spacial score (nSPS) is 42.9. The van der Waals surface area contributed by atoms with Crippen LogP contribution in [0.1, 0.15) is 16.8 Å². The van der Waals surface area contributed by atoms with E-state index in [9.17, 15) is 4.79 Å². The number of benzene rings is 1. The molecule has 0 radical (unpaired) electrons. The summed E-state index contributed by atoms with van der Waals surface area (Å²) < 4.78 is 17.6. The van der Waals surface area contributed by atoms with Crippen molar-refractivity contribution in [3.8, 4) is 0 Å². The van der Waals surface area contributed by atoms with E-state index in [4.69, 9.17) is 14.2 Å². The van der Waals surface area contributed by atoms with Crippen LogP contribution >= 0.6 is 0 Å². The smallest absolute Gasteiger partial charge is 0.181 e. The van der Waals surface area contributed by atoms with E-state index >= 15 is 0 Å². The number of fused-ring (bicyclic) bond motifs is 2. The lowest BCUT2D eigenvalue weighted by Crippen LogP contribution is -2.90. The van der Waals surface area contributed by atoms with Crippen molar-refractivity contribution >= 4 is 5.78 Å². The van der Waals surface area contributed by atoms with E-state index < -0.39 is 5.79 Å². The molecule has 4 fully saturated rings. The second-order valence-corrected chi connectivity index (χ2v) is 6.21. The maximum absolute atomic E-state index is 12.6. The van der Waals surface area contributed by atoms with E-state index in [0.717, 1.165) is 12.0 Å². The highest BCUT2D eigenvalue weighted by atomic mass is 16.8. The number of hydrogen-bond acceptors (Lipinski definition) is 4. The SMILES string of the molecule is O=C(c1ccccc1)C1CC2C3(OCCO3)C3COC132. The van der Waals surface area contributed by atoms with E-state index in [2.05, 4.69) is 0 Å². The van der Waals surface area contributed by atoms with Crippen LogP contribution in [0.3, 0.4) is 0 Å². The number of carbonyl (C=O) groups is 1. The van der Waals surface area contributed by atoms with E-state index in [1.165, 1.54) is 0 Å². The molecule has 2 heterocycles. The first-order valence-corrected chi connectivity index (χ1v) is 7.30. The highest BCUT2D eigenvalue weighted by Gasteiger charge is 2.87. The molecule has 4 nitrogen and oxygen atoms in total. The van der Waals surface area contributed by atoms with Gasteiger partial charge in [0.15, 0.2) is 11.6 Å². The fourth-order valence-corrected chi connectivity index (χ4v) is 4.75. The summed E-state index contributed by atoms with van der Waals surface area (Å²) in [5.74, 6) is 0.250. The highest BCUT2D eigenvalue weighted by Crippen LogP contribution is 2.75. The minimum Gasteiger partial charge on any atom is -0.373 e. The molecule has 1 aromatic carbocycles. The van der Waals surface area contributed by atoms with E-state index in [0.29, 0.717) is 19.8 Å². The molecule has 0 aromatic heterocycles. The van der Waals surface area contributed by atoms with Crippen LogP contribution in [0.5, 0.6) is 0 Å². The molecule has 2 saturated carbocycles. The standard InChI is InChI=1S/C16H16O4/c17-14(10-4-2-1-3-5-10)11-8-12-15(11)13(9-20-15)16(12)18-6-7-19-16/h1-5,11-13H,6-9H2. The molecule has 20 heavy (non-hydrogen) atoms. The zero-order chi connectivity index (χ0) is 13.4. The number of Topliss-reactive ketones (excluding diaryl/α,β-unsaturated/α-hetero) is 1. The fraction of sp³-hybridized carbons (Fsp3) is 0.562. The second kappa shape index (κ2) is 3.50. The van der Waals surface area contributed by atoms with Gasteiger partial charge in [-0.2, -0.15) is 0 Å². The predicted molar refractivity (Wildman–Crippen MR) is 69.2 cm³/mol. The lowest BCUT2D eigenvalue weighted by Gasteiger charge is -2.78. The lowest BCUT2D eigenvalue weighted by atomic mass is 9.37. The van der Waals surface area contributed by atoms with Gasteiger partial charge in [-0.25, -0.2) is 0 Å². The minimum absolute atomic E-state index is 0.0212. The van der Waals surface area contributed by atoms with Gasteiger partial charge in [0, 0.05) is 11.5 Å². The summed E-state index contributed by atoms with van der Waals surface area (Å²) in [6.45, 7) is 2.00. The predicted octanol–water partition coefficient (Wildman–Crippen LogP) is 1.65. The summed E-state index contributed by atoms with van der Waals surface area (Å²) in [5.41, 5.74) is 0.505. The molecule has 1 aromatic rings. The first-order valence-electron chi connectivity index (χ1n) is 7.30. The van der Waals surface area contributed by atoms with Crippen LogP contribution in [0.25, 0.3) is 0 Å². The van der Waals surface area contributed by atoms with Crippen molar-refractivity contribution in [1.82, 2.24) is 0 Å². The third kappa shape index (κ3) is 1.03. The average Bonchev–Trinajstić information content (AvgIpc) is 2.87. The van der Waals surface area contributed by atoms with Crippen LogP contribution in [0.4, 0.5) is 0 Å². The maximum Gasteiger partial charge on any atom is 0.181 e. The van der Waals surface area contributed by atoms with Gasteiger partial charge in [0.1, 0.15) is 0 Å². The van der Waals surface area contributed by atoms with Crippen molar-refractivity contribution in [2.24, 2.45) is 17.8 Å². The molecule has 2 saturated heterocycles. The Morgan fingerprint density at radius 2 is 1.80 bits per heavy atom. The molecule has 4 atom stereocenters. The largest absolute Gasteiger partial charge is 0.373 e. The van der Waals surface area contributed by atoms with Gasteiger partial charge in [-0.1, -0.05) is 30.3 Å². The van der Waals surface area contributed by atoms with Crippen LogP contribution in [0.2, 0.25) is 0 Å². The molecular weight excluding hydrogens is 256 g/mol. The van der Waals surface area contributed by atoms with Gasteiger partial charge in [-0.05, 0) is 6.42 Å². The molecule has 2 aliphatic carbocycles. The monoisotopic (exact) mass is 272 g/mol. The Morgan fingerprint density at radius 1 is 1.05 bits per heavy atom. The van der Waals surface area contributed by atoms with Gasteiger partial charge >= 0.3 is 0 Å². The first kappa shape index (κ1) is 11.4. The van der Waals surface area contributed by atoms with Crippen molar-refractivity contribution < 1.29 is 19.0 Å². The summed E-state index contributed by atoms with van der Waals surface area (Å²) in [6, 6.07) is 9.52. The Bertz CT molecular complexity index is 567. The third-order valence-corrected chi connectivity index (χ3v) is 5.69. The van der Waals surface area contributed by atoms with Crippen molar-refractivity contribution in [1.29, 1.82) is 0 Å². The van der Waals surface area contributed by atoms with Crippen LogP contribution in [0.15, 0.2) is 30.3 Å². The van der Waals surface area contributed by atoms with Gasteiger partial charge in [-0.15, -0.1) is 0 Å². The molecule has 2 aliphatic heterocycles. The average molecular weight is 272 g/mol. The third-order valence-electron chi connectivity index (χ3n) is 5.69. The zero-order valence-corrected chi connectivity index (χ0v) is 11.1. The molecule has 0 N–H and O–H groups in total.